The highest BCUT2D eigenvalue weighted by Crippen LogP contribution is 2.39. The average molecular weight is 293 g/mol. The van der Waals surface area contributed by atoms with Crippen LogP contribution < -0.4 is 5.32 Å². The maximum absolute atomic E-state index is 11.5. The molecule has 3 heterocycles. The van der Waals surface area contributed by atoms with E-state index in [1.165, 1.54) is 0 Å². The largest absolute Gasteiger partial charge is 0.363 e. The van der Waals surface area contributed by atoms with E-state index in [1.54, 1.807) is 6.20 Å². The number of aromatic nitrogens is 4. The summed E-state index contributed by atoms with van der Waals surface area (Å²) in [7, 11) is -2.90. The summed E-state index contributed by atoms with van der Waals surface area (Å²) in [5, 5.41) is 11.6. The van der Waals surface area contributed by atoms with E-state index in [0.717, 1.165) is 18.7 Å². The van der Waals surface area contributed by atoms with Crippen molar-refractivity contribution in [3.05, 3.63) is 18.2 Å². The third kappa shape index (κ3) is 2.04. The maximum Gasteiger partial charge on any atom is 0.203 e. The zero-order chi connectivity index (χ0) is 13.7. The van der Waals surface area contributed by atoms with Crippen LogP contribution in [0.4, 0.5) is 5.82 Å². The molecule has 8 heteroatoms. The SMILES string of the molecule is O=S1(=O)CCC(Nc2nccn3c(C4CC4)nnc23)C1. The molecule has 2 aliphatic rings. The molecule has 106 valence electrons. The first-order valence-corrected chi connectivity index (χ1v) is 8.61. The lowest BCUT2D eigenvalue weighted by atomic mass is 10.2. The third-order valence-corrected chi connectivity index (χ3v) is 5.64. The van der Waals surface area contributed by atoms with E-state index in [1.807, 2.05) is 10.6 Å². The van der Waals surface area contributed by atoms with E-state index < -0.39 is 9.84 Å². The summed E-state index contributed by atoms with van der Waals surface area (Å²) in [5.74, 6) is 2.51. The number of nitrogens with zero attached hydrogens (tertiary/aromatic N) is 4. The van der Waals surface area contributed by atoms with Crippen molar-refractivity contribution in [2.45, 2.75) is 31.2 Å². The Morgan fingerprint density at radius 1 is 1.25 bits per heavy atom. The monoisotopic (exact) mass is 293 g/mol. The Kier molecular flexibility index (Phi) is 2.50. The van der Waals surface area contributed by atoms with Gasteiger partial charge in [-0.25, -0.2) is 13.4 Å². The van der Waals surface area contributed by atoms with Gasteiger partial charge in [-0.3, -0.25) is 4.40 Å². The van der Waals surface area contributed by atoms with Gasteiger partial charge in [-0.15, -0.1) is 10.2 Å². The molecule has 1 unspecified atom stereocenters. The molecule has 7 nitrogen and oxygen atoms in total. The summed E-state index contributed by atoms with van der Waals surface area (Å²) in [6, 6.07) is -0.0835. The van der Waals surface area contributed by atoms with Crippen molar-refractivity contribution in [1.82, 2.24) is 19.6 Å². The van der Waals surface area contributed by atoms with Gasteiger partial charge in [-0.2, -0.15) is 0 Å². The van der Waals surface area contributed by atoms with Crippen LogP contribution in [0.25, 0.3) is 5.65 Å². The number of nitrogens with one attached hydrogen (secondary N) is 1. The number of rotatable bonds is 3. The van der Waals surface area contributed by atoms with Gasteiger partial charge in [-0.05, 0) is 19.3 Å². The van der Waals surface area contributed by atoms with Crippen molar-refractivity contribution in [1.29, 1.82) is 0 Å². The second kappa shape index (κ2) is 4.15. The summed E-state index contributed by atoms with van der Waals surface area (Å²) in [5.41, 5.74) is 0.679. The van der Waals surface area contributed by atoms with Crippen LogP contribution in [0.3, 0.4) is 0 Å². The molecule has 0 radical (unpaired) electrons. The lowest BCUT2D eigenvalue weighted by Gasteiger charge is -2.11. The van der Waals surface area contributed by atoms with Crippen molar-refractivity contribution in [3.8, 4) is 0 Å². The van der Waals surface area contributed by atoms with Crippen molar-refractivity contribution in [3.63, 3.8) is 0 Å². The van der Waals surface area contributed by atoms with Gasteiger partial charge in [0.2, 0.25) is 5.65 Å². The first-order chi connectivity index (χ1) is 9.62. The molecule has 0 aromatic carbocycles. The standard InChI is InChI=1S/C12H15N5O2S/c18-20(19)6-3-9(7-20)14-10-12-16-15-11(8-1-2-8)17(12)5-4-13-10/h4-5,8-9H,1-3,6-7H2,(H,13,14). The Labute approximate surface area is 116 Å². The highest BCUT2D eigenvalue weighted by molar-refractivity contribution is 7.91. The average Bonchev–Trinajstić information content (AvgIpc) is 3.06. The molecule has 2 fully saturated rings. The molecule has 4 rings (SSSR count). The molecule has 1 saturated heterocycles. The molecule has 2 aromatic rings. The van der Waals surface area contributed by atoms with E-state index in [2.05, 4.69) is 20.5 Å². The van der Waals surface area contributed by atoms with Gasteiger partial charge in [0.25, 0.3) is 0 Å². The summed E-state index contributed by atoms with van der Waals surface area (Å²) < 4.78 is 25.0. The molecular formula is C12H15N5O2S. The second-order valence-electron chi connectivity index (χ2n) is 5.55. The normalized spacial score (nSPS) is 25.1. The van der Waals surface area contributed by atoms with Crippen molar-refractivity contribution >= 4 is 21.3 Å². The maximum atomic E-state index is 11.5. The molecule has 2 aromatic heterocycles. The second-order valence-corrected chi connectivity index (χ2v) is 7.77. The van der Waals surface area contributed by atoms with E-state index in [0.29, 0.717) is 23.8 Å². The predicted molar refractivity (Wildman–Crippen MR) is 73.4 cm³/mol. The van der Waals surface area contributed by atoms with Crippen LogP contribution in [-0.2, 0) is 9.84 Å². The van der Waals surface area contributed by atoms with Crippen molar-refractivity contribution in [2.75, 3.05) is 16.8 Å². The summed E-state index contributed by atoms with van der Waals surface area (Å²) in [6.07, 6.45) is 6.50. The fourth-order valence-electron chi connectivity index (χ4n) is 2.67. The molecule has 0 spiro atoms. The van der Waals surface area contributed by atoms with Gasteiger partial charge in [0.05, 0.1) is 11.5 Å². The first-order valence-electron chi connectivity index (χ1n) is 6.79. The van der Waals surface area contributed by atoms with E-state index >= 15 is 0 Å². The van der Waals surface area contributed by atoms with E-state index in [4.69, 9.17) is 0 Å². The van der Waals surface area contributed by atoms with Crippen LogP contribution in [0, 0.1) is 0 Å². The lowest BCUT2D eigenvalue weighted by molar-refractivity contribution is 0.602. The Morgan fingerprint density at radius 2 is 2.10 bits per heavy atom. The highest BCUT2D eigenvalue weighted by Gasteiger charge is 2.31. The van der Waals surface area contributed by atoms with Crippen molar-refractivity contribution in [2.24, 2.45) is 0 Å². The van der Waals surface area contributed by atoms with Crippen LogP contribution in [0.2, 0.25) is 0 Å². The zero-order valence-electron chi connectivity index (χ0n) is 10.9. The smallest absolute Gasteiger partial charge is 0.203 e. The summed E-state index contributed by atoms with van der Waals surface area (Å²) in [4.78, 5) is 4.28. The zero-order valence-corrected chi connectivity index (χ0v) is 11.7. The fourth-order valence-corrected chi connectivity index (χ4v) is 4.34. The Hall–Kier alpha value is -1.70. The van der Waals surface area contributed by atoms with Crippen LogP contribution in [0.1, 0.15) is 31.0 Å². The van der Waals surface area contributed by atoms with Gasteiger partial charge in [-0.1, -0.05) is 0 Å². The quantitative estimate of drug-likeness (QED) is 0.891. The molecule has 1 aliphatic heterocycles. The Balaban J connectivity index is 1.66. The highest BCUT2D eigenvalue weighted by atomic mass is 32.2. The minimum absolute atomic E-state index is 0.0835. The molecule has 1 N–H and O–H groups in total. The van der Waals surface area contributed by atoms with Crippen LogP contribution in [0.15, 0.2) is 12.4 Å². The Bertz CT molecular complexity index is 765. The molecular weight excluding hydrogens is 278 g/mol. The number of hydrogen-bond acceptors (Lipinski definition) is 6. The van der Waals surface area contributed by atoms with Crippen LogP contribution in [0.5, 0.6) is 0 Å². The molecule has 20 heavy (non-hydrogen) atoms. The topological polar surface area (TPSA) is 89.2 Å². The van der Waals surface area contributed by atoms with Gasteiger partial charge in [0.15, 0.2) is 15.7 Å². The van der Waals surface area contributed by atoms with Gasteiger partial charge in [0, 0.05) is 24.4 Å². The number of fused-ring (bicyclic) bond motifs is 1. The summed E-state index contributed by atoms with van der Waals surface area (Å²) in [6.45, 7) is 0. The fraction of sp³-hybridized carbons (Fsp3) is 0.583. The predicted octanol–water partition coefficient (Wildman–Crippen LogP) is 0.601. The van der Waals surface area contributed by atoms with E-state index in [9.17, 15) is 8.42 Å². The third-order valence-electron chi connectivity index (χ3n) is 3.87. The molecule has 0 bridgehead atoms. The molecule has 1 aliphatic carbocycles. The number of hydrogen-bond donors (Lipinski definition) is 1. The first kappa shape index (κ1) is 12.1. The van der Waals surface area contributed by atoms with E-state index in [-0.39, 0.29) is 17.5 Å². The van der Waals surface area contributed by atoms with Gasteiger partial charge < -0.3 is 5.32 Å². The minimum atomic E-state index is -2.90. The van der Waals surface area contributed by atoms with Crippen LogP contribution in [-0.4, -0.2) is 45.5 Å². The minimum Gasteiger partial charge on any atom is -0.363 e. The van der Waals surface area contributed by atoms with Crippen LogP contribution >= 0.6 is 0 Å². The molecule has 0 amide bonds. The van der Waals surface area contributed by atoms with Gasteiger partial charge >= 0.3 is 0 Å². The Morgan fingerprint density at radius 3 is 2.80 bits per heavy atom. The molecule has 1 saturated carbocycles. The molecule has 1 atom stereocenters. The number of sulfone groups is 1. The van der Waals surface area contributed by atoms with Crippen molar-refractivity contribution < 1.29 is 8.42 Å². The number of anilines is 1. The lowest BCUT2D eigenvalue weighted by Crippen LogP contribution is -2.21. The van der Waals surface area contributed by atoms with Gasteiger partial charge in [0.1, 0.15) is 5.82 Å². The summed E-state index contributed by atoms with van der Waals surface area (Å²) >= 11 is 0.